The van der Waals surface area contributed by atoms with Gasteiger partial charge in [0.15, 0.2) is 0 Å². The van der Waals surface area contributed by atoms with Gasteiger partial charge in [0.25, 0.3) is 0 Å². The molecule has 1 aromatic rings. The van der Waals surface area contributed by atoms with E-state index < -0.39 is 22.2 Å². The van der Waals surface area contributed by atoms with Crippen LogP contribution in [0.3, 0.4) is 0 Å². The highest BCUT2D eigenvalue weighted by Crippen LogP contribution is 2.44. The molecule has 0 aromatic heterocycles. The van der Waals surface area contributed by atoms with Crippen molar-refractivity contribution in [2.75, 3.05) is 5.73 Å². The molecular formula is C12H12ClF3N2. The maximum absolute atomic E-state index is 13.1. The Balaban J connectivity index is 3.88. The lowest BCUT2D eigenvalue weighted by atomic mass is 9.80. The van der Waals surface area contributed by atoms with Gasteiger partial charge in [0.2, 0.25) is 0 Å². The van der Waals surface area contributed by atoms with Crippen LogP contribution in [0.2, 0.25) is 5.02 Å². The predicted molar refractivity (Wildman–Crippen MR) is 64.3 cm³/mol. The molecule has 0 atom stereocenters. The Hall–Kier alpha value is -1.41. The second-order valence-corrected chi connectivity index (χ2v) is 5.34. The zero-order chi connectivity index (χ0) is 14.3. The Morgan fingerprint density at radius 2 is 1.72 bits per heavy atom. The van der Waals surface area contributed by atoms with Gasteiger partial charge >= 0.3 is 6.18 Å². The van der Waals surface area contributed by atoms with Gasteiger partial charge in [0.1, 0.15) is 6.07 Å². The molecule has 0 radical (unpaired) electrons. The van der Waals surface area contributed by atoms with Crippen LogP contribution in [0.25, 0.3) is 0 Å². The molecule has 0 spiro atoms. The molecular weight excluding hydrogens is 265 g/mol. The van der Waals surface area contributed by atoms with Crippen LogP contribution in [0, 0.1) is 11.3 Å². The van der Waals surface area contributed by atoms with Crippen molar-refractivity contribution < 1.29 is 13.2 Å². The Morgan fingerprint density at radius 1 is 1.22 bits per heavy atom. The van der Waals surface area contributed by atoms with Crippen molar-refractivity contribution >= 4 is 17.3 Å². The van der Waals surface area contributed by atoms with Crippen LogP contribution in [0.1, 0.15) is 37.5 Å². The summed E-state index contributed by atoms with van der Waals surface area (Å²) in [4.78, 5) is 0. The molecule has 0 unspecified atom stereocenters. The number of nitrogen functional groups attached to an aromatic ring is 1. The molecule has 0 aliphatic heterocycles. The predicted octanol–water partition coefficient (Wildman–Crippen LogP) is 4.11. The molecule has 0 saturated carbocycles. The third kappa shape index (κ3) is 2.54. The summed E-state index contributed by atoms with van der Waals surface area (Å²) in [7, 11) is 0. The third-order valence-corrected chi connectivity index (χ3v) is 2.75. The van der Waals surface area contributed by atoms with Gasteiger partial charge in [0.05, 0.1) is 21.8 Å². The quantitative estimate of drug-likeness (QED) is 0.725. The van der Waals surface area contributed by atoms with Gasteiger partial charge in [-0.2, -0.15) is 18.4 Å². The normalized spacial score (nSPS) is 12.3. The number of halogens is 4. The van der Waals surface area contributed by atoms with Crippen molar-refractivity contribution in [1.82, 2.24) is 0 Å². The molecule has 0 heterocycles. The van der Waals surface area contributed by atoms with Gasteiger partial charge in [-0.3, -0.25) is 0 Å². The highest BCUT2D eigenvalue weighted by Gasteiger charge is 2.40. The van der Waals surface area contributed by atoms with Crippen molar-refractivity contribution in [2.24, 2.45) is 0 Å². The van der Waals surface area contributed by atoms with Gasteiger partial charge in [0, 0.05) is 0 Å². The molecule has 18 heavy (non-hydrogen) atoms. The first kappa shape index (κ1) is 14.7. The molecule has 0 aliphatic carbocycles. The van der Waals surface area contributed by atoms with E-state index in [0.717, 1.165) is 6.07 Å². The molecule has 0 amide bonds. The molecule has 2 nitrogen and oxygen atoms in total. The van der Waals surface area contributed by atoms with Gasteiger partial charge in [-0.1, -0.05) is 32.4 Å². The van der Waals surface area contributed by atoms with E-state index in [-0.39, 0.29) is 16.8 Å². The molecule has 2 N–H and O–H groups in total. The Kier molecular flexibility index (Phi) is 3.55. The second kappa shape index (κ2) is 4.36. The summed E-state index contributed by atoms with van der Waals surface area (Å²) in [6.45, 7) is 4.73. The fourth-order valence-corrected chi connectivity index (χ4v) is 2.14. The number of anilines is 1. The number of hydrogen-bond donors (Lipinski definition) is 1. The first-order chi connectivity index (χ1) is 8.00. The first-order valence-corrected chi connectivity index (χ1v) is 5.47. The maximum Gasteiger partial charge on any atom is 0.418 e. The maximum atomic E-state index is 13.1. The minimum Gasteiger partial charge on any atom is -0.398 e. The highest BCUT2D eigenvalue weighted by atomic mass is 35.5. The Bertz CT molecular complexity index is 522. The fourth-order valence-electron chi connectivity index (χ4n) is 1.82. The summed E-state index contributed by atoms with van der Waals surface area (Å²) in [5.41, 5.74) is 3.32. The largest absolute Gasteiger partial charge is 0.418 e. The van der Waals surface area contributed by atoms with E-state index in [1.165, 1.54) is 0 Å². The average Bonchev–Trinajstić information content (AvgIpc) is 2.12. The van der Waals surface area contributed by atoms with Crippen LogP contribution >= 0.6 is 11.6 Å². The van der Waals surface area contributed by atoms with E-state index in [2.05, 4.69) is 0 Å². The minimum atomic E-state index is -4.63. The Labute approximate surface area is 108 Å². The van der Waals surface area contributed by atoms with Crippen LogP contribution in [-0.4, -0.2) is 0 Å². The highest BCUT2D eigenvalue weighted by molar-refractivity contribution is 6.32. The van der Waals surface area contributed by atoms with Crippen LogP contribution in [-0.2, 0) is 11.6 Å². The number of nitrogens with zero attached hydrogens (tertiary/aromatic N) is 1. The number of nitriles is 1. The topological polar surface area (TPSA) is 49.8 Å². The van der Waals surface area contributed by atoms with E-state index >= 15 is 0 Å². The number of rotatable bonds is 0. The number of hydrogen-bond acceptors (Lipinski definition) is 2. The van der Waals surface area contributed by atoms with Gasteiger partial charge in [-0.25, -0.2) is 0 Å². The van der Waals surface area contributed by atoms with E-state index in [0.29, 0.717) is 0 Å². The lowest BCUT2D eigenvalue weighted by molar-refractivity contribution is -0.138. The standard InChI is InChI=1S/C12H12ClF3N2/c1-11(2,3)9-6(5-17)8(18)4-7(13)10(9)12(14,15)16/h4H,18H2,1-3H3. The van der Waals surface area contributed by atoms with Crippen molar-refractivity contribution in [2.45, 2.75) is 32.4 Å². The van der Waals surface area contributed by atoms with Crippen molar-refractivity contribution in [3.63, 3.8) is 0 Å². The molecule has 98 valence electrons. The summed E-state index contributed by atoms with van der Waals surface area (Å²) < 4.78 is 39.2. The second-order valence-electron chi connectivity index (χ2n) is 4.93. The Morgan fingerprint density at radius 3 is 2.06 bits per heavy atom. The minimum absolute atomic E-state index is 0.0413. The average molecular weight is 277 g/mol. The van der Waals surface area contributed by atoms with Crippen LogP contribution in [0.5, 0.6) is 0 Å². The van der Waals surface area contributed by atoms with Crippen LogP contribution in [0.15, 0.2) is 6.07 Å². The van der Waals surface area contributed by atoms with Gasteiger partial charge in [-0.15, -0.1) is 0 Å². The van der Waals surface area contributed by atoms with E-state index in [9.17, 15) is 13.2 Å². The van der Waals surface area contributed by atoms with Gasteiger partial charge < -0.3 is 5.73 Å². The fraction of sp³-hybridized carbons (Fsp3) is 0.417. The molecule has 0 fully saturated rings. The SMILES string of the molecule is CC(C)(C)c1c(C#N)c(N)cc(Cl)c1C(F)(F)F. The van der Waals surface area contributed by atoms with Crippen molar-refractivity contribution in [3.8, 4) is 6.07 Å². The summed E-state index contributed by atoms with van der Waals surface area (Å²) in [6.07, 6.45) is -4.63. The summed E-state index contributed by atoms with van der Waals surface area (Å²) in [5.74, 6) is 0. The zero-order valence-corrected chi connectivity index (χ0v) is 10.9. The van der Waals surface area contributed by atoms with Crippen molar-refractivity contribution in [1.29, 1.82) is 5.26 Å². The zero-order valence-electron chi connectivity index (χ0n) is 10.1. The smallest absolute Gasteiger partial charge is 0.398 e. The lowest BCUT2D eigenvalue weighted by Gasteiger charge is -2.27. The van der Waals surface area contributed by atoms with E-state index in [1.54, 1.807) is 26.8 Å². The number of alkyl halides is 3. The summed E-state index contributed by atoms with van der Waals surface area (Å²) in [5, 5.41) is 8.52. The number of benzene rings is 1. The van der Waals surface area contributed by atoms with Crippen LogP contribution in [0.4, 0.5) is 18.9 Å². The van der Waals surface area contributed by atoms with E-state index in [1.807, 2.05) is 0 Å². The molecule has 6 heteroatoms. The monoisotopic (exact) mass is 276 g/mol. The van der Waals surface area contributed by atoms with Crippen LogP contribution < -0.4 is 5.73 Å². The molecule has 1 rings (SSSR count). The summed E-state index contributed by atoms with van der Waals surface area (Å²) >= 11 is 5.64. The van der Waals surface area contributed by atoms with Crippen molar-refractivity contribution in [3.05, 3.63) is 27.8 Å². The summed E-state index contributed by atoms with van der Waals surface area (Å²) in [6, 6.07) is 2.70. The lowest BCUT2D eigenvalue weighted by Crippen LogP contribution is -2.22. The first-order valence-electron chi connectivity index (χ1n) is 5.10. The molecule has 0 aliphatic rings. The molecule has 1 aromatic carbocycles. The molecule has 0 saturated heterocycles. The molecule has 0 bridgehead atoms. The number of nitrogens with two attached hydrogens (primary N) is 1. The van der Waals surface area contributed by atoms with E-state index in [4.69, 9.17) is 22.6 Å². The third-order valence-electron chi connectivity index (χ3n) is 2.46. The van der Waals surface area contributed by atoms with Gasteiger partial charge in [-0.05, 0) is 17.0 Å².